The molecule has 5 nitrogen and oxygen atoms in total. The maximum Gasteiger partial charge on any atom is 0.265 e. The topological polar surface area (TPSA) is 72.5 Å². The lowest BCUT2D eigenvalue weighted by molar-refractivity contribution is -0.140. The zero-order valence-electron chi connectivity index (χ0n) is 12.6. The molecule has 6 heteroatoms. The lowest BCUT2D eigenvalue weighted by Crippen LogP contribution is -2.48. The molecule has 0 spiro atoms. The van der Waals surface area contributed by atoms with E-state index in [-0.39, 0.29) is 4.90 Å². The predicted molar refractivity (Wildman–Crippen MR) is 79.5 cm³/mol. The van der Waals surface area contributed by atoms with Crippen molar-refractivity contribution in [2.24, 2.45) is 0 Å². The maximum absolute atomic E-state index is 12.4. The Labute approximate surface area is 125 Å². The Kier molecular flexibility index (Phi) is 4.39. The van der Waals surface area contributed by atoms with Gasteiger partial charge in [-0.25, -0.2) is 13.1 Å². The summed E-state index contributed by atoms with van der Waals surface area (Å²) in [6.45, 7) is 3.52. The number of sulfonamides is 1. The van der Waals surface area contributed by atoms with Gasteiger partial charge in [0.2, 0.25) is 0 Å². The van der Waals surface area contributed by atoms with E-state index < -0.39 is 21.5 Å². The number of carbonyl (C=O) groups excluding carboxylic acids is 1. The number of benzene rings is 1. The van der Waals surface area contributed by atoms with Crippen molar-refractivity contribution in [2.45, 2.75) is 50.0 Å². The van der Waals surface area contributed by atoms with Crippen molar-refractivity contribution in [2.75, 3.05) is 7.11 Å². The van der Waals surface area contributed by atoms with E-state index >= 15 is 0 Å². The number of ether oxygens (including phenoxy) is 1. The Hall–Kier alpha value is -1.40. The number of methoxy groups -OCH3 is 1. The van der Waals surface area contributed by atoms with E-state index in [0.29, 0.717) is 18.4 Å². The van der Waals surface area contributed by atoms with Gasteiger partial charge in [-0.3, -0.25) is 4.79 Å². The summed E-state index contributed by atoms with van der Waals surface area (Å²) in [6.07, 6.45) is 2.84. The minimum atomic E-state index is -3.88. The Morgan fingerprint density at radius 3 is 2.43 bits per heavy atom. The number of hydrogen-bond donors (Lipinski definition) is 1. The summed E-state index contributed by atoms with van der Waals surface area (Å²) in [5, 5.41) is 0. The summed E-state index contributed by atoms with van der Waals surface area (Å²) >= 11 is 0. The van der Waals surface area contributed by atoms with Crippen LogP contribution in [-0.2, 0) is 19.6 Å². The zero-order valence-corrected chi connectivity index (χ0v) is 13.4. The molecular weight excluding hydrogens is 290 g/mol. The van der Waals surface area contributed by atoms with Crippen LogP contribution < -0.4 is 4.72 Å². The molecule has 0 radical (unpaired) electrons. The first kappa shape index (κ1) is 16.0. The van der Waals surface area contributed by atoms with Crippen molar-refractivity contribution in [3.63, 3.8) is 0 Å². The van der Waals surface area contributed by atoms with E-state index in [4.69, 9.17) is 4.74 Å². The quantitative estimate of drug-likeness (QED) is 0.924. The van der Waals surface area contributed by atoms with Gasteiger partial charge in [0.25, 0.3) is 15.9 Å². The normalized spacial score (nSPS) is 17.7. The highest BCUT2D eigenvalue weighted by Crippen LogP contribution is 2.33. The lowest BCUT2D eigenvalue weighted by Gasteiger charge is -2.25. The first-order chi connectivity index (χ1) is 9.81. The molecule has 0 heterocycles. The first-order valence-electron chi connectivity index (χ1n) is 7.00. The highest BCUT2D eigenvalue weighted by molar-refractivity contribution is 7.90. The third-order valence-electron chi connectivity index (χ3n) is 4.08. The Morgan fingerprint density at radius 1 is 1.24 bits per heavy atom. The summed E-state index contributed by atoms with van der Waals surface area (Å²) in [6, 6.07) is 5.14. The van der Waals surface area contributed by atoms with Gasteiger partial charge in [0.1, 0.15) is 5.60 Å². The monoisotopic (exact) mass is 311 g/mol. The fourth-order valence-electron chi connectivity index (χ4n) is 2.74. The van der Waals surface area contributed by atoms with Crippen molar-refractivity contribution >= 4 is 15.9 Å². The maximum atomic E-state index is 12.4. The van der Waals surface area contributed by atoms with Gasteiger partial charge in [0, 0.05) is 7.11 Å². The average molecular weight is 311 g/mol. The van der Waals surface area contributed by atoms with Crippen LogP contribution >= 0.6 is 0 Å². The van der Waals surface area contributed by atoms with Gasteiger partial charge in [-0.15, -0.1) is 0 Å². The lowest BCUT2D eigenvalue weighted by atomic mass is 10.0. The van der Waals surface area contributed by atoms with Crippen LogP contribution in [0.2, 0.25) is 0 Å². The first-order valence-corrected chi connectivity index (χ1v) is 8.49. The van der Waals surface area contributed by atoms with Crippen molar-refractivity contribution in [1.29, 1.82) is 0 Å². The van der Waals surface area contributed by atoms with Gasteiger partial charge < -0.3 is 4.74 Å². The van der Waals surface area contributed by atoms with E-state index in [1.807, 2.05) is 13.0 Å². The molecule has 0 aromatic heterocycles. The van der Waals surface area contributed by atoms with Gasteiger partial charge in [-0.1, -0.05) is 12.1 Å². The second-order valence-corrected chi connectivity index (χ2v) is 7.26. The number of aryl methyl sites for hydroxylation is 2. The molecule has 1 aliphatic rings. The third kappa shape index (κ3) is 3.11. The molecule has 0 atom stereocenters. The molecule has 1 saturated carbocycles. The minimum Gasteiger partial charge on any atom is -0.368 e. The molecule has 116 valence electrons. The molecule has 1 fully saturated rings. The van der Waals surface area contributed by atoms with Crippen LogP contribution in [0.25, 0.3) is 0 Å². The summed E-state index contributed by atoms with van der Waals surface area (Å²) in [5.74, 6) is -0.566. The third-order valence-corrected chi connectivity index (χ3v) is 5.55. The van der Waals surface area contributed by atoms with Crippen LogP contribution in [0.5, 0.6) is 0 Å². The van der Waals surface area contributed by atoms with Crippen molar-refractivity contribution in [3.05, 3.63) is 29.3 Å². The van der Waals surface area contributed by atoms with E-state index in [9.17, 15) is 13.2 Å². The molecule has 0 bridgehead atoms. The van der Waals surface area contributed by atoms with Gasteiger partial charge in [-0.05, 0) is 56.7 Å². The molecule has 1 amide bonds. The molecule has 1 aromatic carbocycles. The second kappa shape index (κ2) is 5.77. The summed E-state index contributed by atoms with van der Waals surface area (Å²) in [4.78, 5) is 12.5. The predicted octanol–water partition coefficient (Wildman–Crippen LogP) is 2.07. The fraction of sp³-hybridized carbons (Fsp3) is 0.533. The van der Waals surface area contributed by atoms with Crippen LogP contribution in [0.1, 0.15) is 36.8 Å². The Morgan fingerprint density at radius 2 is 1.86 bits per heavy atom. The van der Waals surface area contributed by atoms with Crippen LogP contribution in [-0.4, -0.2) is 27.0 Å². The summed E-state index contributed by atoms with van der Waals surface area (Å²) in [7, 11) is -2.42. The number of hydrogen-bond acceptors (Lipinski definition) is 4. The molecule has 1 aliphatic carbocycles. The van der Waals surface area contributed by atoms with Crippen LogP contribution in [0.4, 0.5) is 0 Å². The van der Waals surface area contributed by atoms with Crippen LogP contribution in [0, 0.1) is 13.8 Å². The number of nitrogens with one attached hydrogen (secondary N) is 1. The smallest absolute Gasteiger partial charge is 0.265 e. The van der Waals surface area contributed by atoms with Crippen molar-refractivity contribution in [1.82, 2.24) is 4.72 Å². The van der Waals surface area contributed by atoms with Gasteiger partial charge in [0.15, 0.2) is 0 Å². The standard InChI is InChI=1S/C15H21NO4S/c1-11-6-7-12(2)13(10-11)21(18,19)16-14(17)15(20-3)8-4-5-9-15/h6-7,10H,4-5,8-9H2,1-3H3,(H,16,17). The molecule has 1 aromatic rings. The molecule has 2 rings (SSSR count). The van der Waals surface area contributed by atoms with E-state index in [1.54, 1.807) is 19.1 Å². The number of rotatable bonds is 4. The zero-order chi connectivity index (χ0) is 15.7. The van der Waals surface area contributed by atoms with E-state index in [2.05, 4.69) is 4.72 Å². The summed E-state index contributed by atoms with van der Waals surface area (Å²) in [5.41, 5.74) is 0.430. The van der Waals surface area contributed by atoms with E-state index in [0.717, 1.165) is 18.4 Å². The highest BCUT2D eigenvalue weighted by atomic mass is 32.2. The average Bonchev–Trinajstić information content (AvgIpc) is 2.91. The van der Waals surface area contributed by atoms with Gasteiger partial charge in [-0.2, -0.15) is 0 Å². The fourth-order valence-corrected chi connectivity index (χ4v) is 4.11. The Bertz CT molecular complexity index is 646. The van der Waals surface area contributed by atoms with Crippen molar-refractivity contribution in [3.8, 4) is 0 Å². The second-order valence-electron chi connectivity index (χ2n) is 5.61. The Balaban J connectivity index is 2.29. The van der Waals surface area contributed by atoms with Crippen LogP contribution in [0.15, 0.2) is 23.1 Å². The highest BCUT2D eigenvalue weighted by Gasteiger charge is 2.43. The minimum absolute atomic E-state index is 0.139. The van der Waals surface area contributed by atoms with E-state index in [1.165, 1.54) is 7.11 Å². The molecule has 0 aliphatic heterocycles. The van der Waals surface area contributed by atoms with Gasteiger partial charge >= 0.3 is 0 Å². The number of amides is 1. The van der Waals surface area contributed by atoms with Gasteiger partial charge in [0.05, 0.1) is 4.90 Å². The molecule has 21 heavy (non-hydrogen) atoms. The summed E-state index contributed by atoms with van der Waals surface area (Å²) < 4.78 is 32.4. The van der Waals surface area contributed by atoms with Crippen molar-refractivity contribution < 1.29 is 17.9 Å². The van der Waals surface area contributed by atoms with Crippen LogP contribution in [0.3, 0.4) is 0 Å². The molecule has 0 unspecified atom stereocenters. The molecule has 1 N–H and O–H groups in total. The largest absolute Gasteiger partial charge is 0.368 e. The molecular formula is C15H21NO4S. The molecule has 0 saturated heterocycles. The number of carbonyl (C=O) groups is 1. The SMILES string of the molecule is COC1(C(=O)NS(=O)(=O)c2cc(C)ccc2C)CCCC1.